The van der Waals surface area contributed by atoms with Gasteiger partial charge in [-0.05, 0) is 5.41 Å². The zero-order valence-corrected chi connectivity index (χ0v) is 14.8. The van der Waals surface area contributed by atoms with Gasteiger partial charge in [0.15, 0.2) is 0 Å². The van der Waals surface area contributed by atoms with Crippen LogP contribution in [0.3, 0.4) is 0 Å². The minimum absolute atomic E-state index is 0. The SMILES string of the molecule is C[n+]1cn(-c2[c-]cc(F)cc2F)nc1CC(C)(C)C.[Cl-].[Mg+2]. The Hall–Kier alpha value is -0.724. The van der Waals surface area contributed by atoms with E-state index in [0.717, 1.165) is 24.4 Å². The molecule has 0 unspecified atom stereocenters. The summed E-state index contributed by atoms with van der Waals surface area (Å²) in [7, 11) is 1.85. The number of benzene rings is 1. The van der Waals surface area contributed by atoms with E-state index in [4.69, 9.17) is 0 Å². The zero-order valence-electron chi connectivity index (χ0n) is 12.6. The van der Waals surface area contributed by atoms with Crippen molar-refractivity contribution < 1.29 is 25.8 Å². The van der Waals surface area contributed by atoms with Gasteiger partial charge < -0.3 is 12.4 Å². The molecule has 0 saturated carbocycles. The average molecular weight is 325 g/mol. The van der Waals surface area contributed by atoms with Crippen molar-refractivity contribution in [3.8, 4) is 5.69 Å². The molecule has 1 aromatic carbocycles. The fourth-order valence-electron chi connectivity index (χ4n) is 1.81. The number of hydrogen-bond donors (Lipinski definition) is 0. The fourth-order valence-corrected chi connectivity index (χ4v) is 1.81. The molecule has 0 N–H and O–H groups in total. The van der Waals surface area contributed by atoms with E-state index in [-0.39, 0.29) is 46.6 Å². The Bertz CT molecular complexity index is 609. The summed E-state index contributed by atoms with van der Waals surface area (Å²) in [6.07, 6.45) is 2.42. The first-order chi connectivity index (χ1) is 8.76. The predicted molar refractivity (Wildman–Crippen MR) is 72.4 cm³/mol. The first-order valence-electron chi connectivity index (χ1n) is 6.07. The minimum atomic E-state index is -0.676. The maximum atomic E-state index is 13.7. The third-order valence-corrected chi connectivity index (χ3v) is 2.67. The summed E-state index contributed by atoms with van der Waals surface area (Å²) in [5.41, 5.74) is 0.208. The quantitative estimate of drug-likeness (QED) is 0.394. The van der Waals surface area contributed by atoms with E-state index in [2.05, 4.69) is 31.9 Å². The van der Waals surface area contributed by atoms with Gasteiger partial charge >= 0.3 is 23.1 Å². The normalized spacial score (nSPS) is 10.8. The van der Waals surface area contributed by atoms with Crippen molar-refractivity contribution in [2.75, 3.05) is 0 Å². The van der Waals surface area contributed by atoms with Crippen molar-refractivity contribution >= 4 is 23.1 Å². The maximum Gasteiger partial charge on any atom is 2.00 e. The molecule has 3 nitrogen and oxygen atoms in total. The molecule has 0 radical (unpaired) electrons. The second-order valence-corrected chi connectivity index (χ2v) is 5.84. The Kier molecular flexibility index (Phi) is 7.25. The smallest absolute Gasteiger partial charge is 1.00 e. The molecule has 21 heavy (non-hydrogen) atoms. The van der Waals surface area contributed by atoms with E-state index in [0.29, 0.717) is 0 Å². The van der Waals surface area contributed by atoms with Crippen molar-refractivity contribution in [1.29, 1.82) is 0 Å². The summed E-state index contributed by atoms with van der Waals surface area (Å²) in [4.78, 5) is 0. The van der Waals surface area contributed by atoms with Crippen molar-refractivity contribution in [3.63, 3.8) is 0 Å². The van der Waals surface area contributed by atoms with Crippen LogP contribution in [0.5, 0.6) is 0 Å². The molecule has 0 amide bonds. The number of halogens is 3. The Balaban J connectivity index is 0.00000200. The van der Waals surface area contributed by atoms with Crippen molar-refractivity contribution in [2.24, 2.45) is 12.5 Å². The molecule has 110 valence electrons. The summed E-state index contributed by atoms with van der Waals surface area (Å²) in [5.74, 6) is -0.484. The number of hydrogen-bond acceptors (Lipinski definition) is 1. The second-order valence-electron chi connectivity index (χ2n) is 5.84. The molecule has 0 aliphatic rings. The molecule has 0 atom stereocenters. The van der Waals surface area contributed by atoms with Gasteiger partial charge in [-0.3, -0.25) is 8.78 Å². The molecular weight excluding hydrogens is 308 g/mol. The van der Waals surface area contributed by atoms with Crippen LogP contribution >= 0.6 is 0 Å². The summed E-state index contributed by atoms with van der Waals surface area (Å²) in [6.45, 7) is 6.32. The molecule has 2 rings (SSSR count). The molecular formula is C14H17ClF2MgN3+. The van der Waals surface area contributed by atoms with E-state index in [1.54, 1.807) is 6.33 Å². The van der Waals surface area contributed by atoms with Crippen LogP contribution in [0.15, 0.2) is 18.5 Å². The topological polar surface area (TPSA) is 21.7 Å². The summed E-state index contributed by atoms with van der Waals surface area (Å²) in [5, 5.41) is 4.34. The summed E-state index contributed by atoms with van der Waals surface area (Å²) < 4.78 is 29.8. The van der Waals surface area contributed by atoms with E-state index in [1.807, 2.05) is 11.6 Å². The van der Waals surface area contributed by atoms with Gasteiger partial charge in [-0.1, -0.05) is 26.8 Å². The molecule has 1 heterocycles. The standard InChI is InChI=1S/C14H17F2N3.ClH.Mg/c1-14(2,3)8-13-17-19(9-18(13)4)12-6-5-10(15)7-11(12)16;;/h5,7,9H,8H2,1-4H3;1H;/q;;+2/p-1. The molecule has 0 saturated heterocycles. The molecule has 1 aromatic heterocycles. The van der Waals surface area contributed by atoms with Crippen LogP contribution in [0.4, 0.5) is 8.78 Å². The fraction of sp³-hybridized carbons (Fsp3) is 0.429. The van der Waals surface area contributed by atoms with Crippen molar-refractivity contribution in [2.45, 2.75) is 27.2 Å². The number of aryl methyl sites for hydroxylation is 1. The van der Waals surface area contributed by atoms with Gasteiger partial charge in [-0.25, -0.2) is 4.57 Å². The Labute approximate surface area is 145 Å². The van der Waals surface area contributed by atoms with Gasteiger partial charge in [-0.2, -0.15) is 0 Å². The zero-order chi connectivity index (χ0) is 14.2. The van der Waals surface area contributed by atoms with Gasteiger partial charge in [0, 0.05) is 17.3 Å². The largest absolute Gasteiger partial charge is 2.00 e. The summed E-state index contributed by atoms with van der Waals surface area (Å²) >= 11 is 0. The maximum absolute atomic E-state index is 13.7. The Morgan fingerprint density at radius 3 is 2.48 bits per heavy atom. The number of rotatable bonds is 2. The van der Waals surface area contributed by atoms with E-state index in [9.17, 15) is 8.78 Å². The van der Waals surface area contributed by atoms with Gasteiger partial charge in [-0.15, -0.1) is 16.8 Å². The Morgan fingerprint density at radius 2 is 1.95 bits per heavy atom. The number of aromatic nitrogens is 3. The van der Waals surface area contributed by atoms with Gasteiger partial charge in [0.2, 0.25) is 6.33 Å². The minimum Gasteiger partial charge on any atom is -1.00 e. The Morgan fingerprint density at radius 1 is 1.33 bits per heavy atom. The second kappa shape index (κ2) is 7.51. The average Bonchev–Trinajstić information content (AvgIpc) is 2.57. The van der Waals surface area contributed by atoms with E-state index >= 15 is 0 Å². The number of nitrogens with zero attached hydrogens (tertiary/aromatic N) is 3. The van der Waals surface area contributed by atoms with E-state index in [1.165, 1.54) is 4.68 Å². The van der Waals surface area contributed by atoms with Crippen LogP contribution in [-0.2, 0) is 13.5 Å². The van der Waals surface area contributed by atoms with Crippen LogP contribution in [-0.4, -0.2) is 32.8 Å². The molecule has 7 heteroatoms. The molecule has 0 bridgehead atoms. The molecule has 0 fully saturated rings. The molecule has 2 aromatic rings. The van der Waals surface area contributed by atoms with Gasteiger partial charge in [0.05, 0.1) is 18.6 Å². The third kappa shape index (κ3) is 5.20. The van der Waals surface area contributed by atoms with Crippen LogP contribution < -0.4 is 17.0 Å². The third-order valence-electron chi connectivity index (χ3n) is 2.67. The van der Waals surface area contributed by atoms with Crippen molar-refractivity contribution in [1.82, 2.24) is 9.78 Å². The van der Waals surface area contributed by atoms with E-state index < -0.39 is 11.6 Å². The van der Waals surface area contributed by atoms with Crippen LogP contribution in [0.25, 0.3) is 5.69 Å². The van der Waals surface area contributed by atoms with Crippen LogP contribution in [0, 0.1) is 23.1 Å². The molecule has 0 aliphatic heterocycles. The van der Waals surface area contributed by atoms with Gasteiger partial charge in [0.25, 0.3) is 5.82 Å². The molecule has 0 aliphatic carbocycles. The monoisotopic (exact) mass is 324 g/mol. The first-order valence-corrected chi connectivity index (χ1v) is 6.07. The van der Waals surface area contributed by atoms with Gasteiger partial charge in [0.1, 0.15) is 0 Å². The molecule has 0 spiro atoms. The van der Waals surface area contributed by atoms with Crippen molar-refractivity contribution in [3.05, 3.63) is 42.0 Å². The van der Waals surface area contributed by atoms with Crippen LogP contribution in [0.2, 0.25) is 0 Å². The first kappa shape index (κ1) is 20.3. The van der Waals surface area contributed by atoms with Crippen LogP contribution in [0.1, 0.15) is 26.6 Å². The predicted octanol–water partition coefficient (Wildman–Crippen LogP) is -1.01. The summed E-state index contributed by atoms with van der Waals surface area (Å²) in [6, 6.07) is 4.49.